The molecule has 0 aromatic heterocycles. The lowest BCUT2D eigenvalue weighted by molar-refractivity contribution is -0.325. The highest BCUT2D eigenvalue weighted by Crippen LogP contribution is 2.46. The summed E-state index contributed by atoms with van der Waals surface area (Å²) in [4.78, 5) is 0. The first-order valence-corrected chi connectivity index (χ1v) is 29.4. The first kappa shape index (κ1) is 85.8. The number of hydrogen-bond acceptors (Lipinski definition) is 1. The largest absolute Gasteiger partial charge is 0.522 e. The van der Waals surface area contributed by atoms with E-state index in [0.717, 1.165) is 60.4 Å². The third-order valence-corrected chi connectivity index (χ3v) is 12.0. The molecule has 0 radical (unpaired) electrons. The van der Waals surface area contributed by atoms with E-state index in [0.29, 0.717) is 25.2 Å². The van der Waals surface area contributed by atoms with Gasteiger partial charge in [0.1, 0.15) is 11.6 Å². The van der Waals surface area contributed by atoms with Gasteiger partial charge in [-0.2, -0.15) is 39.5 Å². The summed E-state index contributed by atoms with van der Waals surface area (Å²) in [5.74, 6) is 3.08. The van der Waals surface area contributed by atoms with Crippen LogP contribution in [0.3, 0.4) is 0 Å². The van der Waals surface area contributed by atoms with Crippen molar-refractivity contribution >= 4 is 23.2 Å². The molecule has 2 aromatic rings. The van der Waals surface area contributed by atoms with Crippen molar-refractivity contribution in [2.75, 3.05) is 12.5 Å². The number of alkyl halides is 13. The zero-order chi connectivity index (χ0) is 63.1. The van der Waals surface area contributed by atoms with Crippen LogP contribution in [-0.4, -0.2) is 31.2 Å². The zero-order valence-electron chi connectivity index (χ0n) is 51.6. The molecule has 472 valence electrons. The van der Waals surface area contributed by atoms with Gasteiger partial charge in [-0.1, -0.05) is 194 Å². The highest BCUT2D eigenvalue weighted by Gasteiger charge is 2.47. The maximum absolute atomic E-state index is 13.0. The Hall–Kier alpha value is -2.00. The molecule has 17 heteroatoms. The second-order valence-corrected chi connectivity index (χ2v) is 24.8. The SMILES string of the molecule is CC(C)C1CCCC1C(F)(F)F.CC(C)CC(F)(F)F.CC(C)CCCC(C)C.CC(C)CCCCl.CC(C)CCOC(F)(F)F.CC(C)Cc1c(F)cccc1F.CC(C)Cc1ccc(C(F)(F)F)c(Cl)c1.CCCC(C)C. The summed E-state index contributed by atoms with van der Waals surface area (Å²) in [5.41, 5.74) is 0.271. The van der Waals surface area contributed by atoms with E-state index in [9.17, 15) is 61.5 Å². The van der Waals surface area contributed by atoms with Gasteiger partial charge in [-0.25, -0.2) is 8.78 Å². The lowest BCUT2D eigenvalue weighted by atomic mass is 9.86. The van der Waals surface area contributed by atoms with Crippen molar-refractivity contribution in [1.29, 1.82) is 0 Å². The average Bonchev–Trinajstić information content (AvgIpc) is 3.76. The standard InChI is InChI=1S/C11H12ClF3.C10H12F2.C9H15F3.C9H20.C6H13Cl.C6H11F3O.C6H14.C5H9F3/c1-7(2)5-8-3-4-9(10(12)6-8)11(13,14)15;1-7(2)6-8-9(11)4-3-5-10(8)12;1-6(2)7-4-3-5-8(7)9(10,11)12;1-8(2)6-5-7-9(3)4;1-6(2)4-3-5-7;1-5(2)3-4-10-6(7,8)9;1-4-5-6(2)3;1-4(2)3-5(6,7)8/h3-4,6-7H,5H2,1-2H3;3-5,7H,6H2,1-2H3;6-8H,3-5H2,1-2H3;8-9H,5-7H2,1-4H3;6H,3-5H2,1-2H3;5H,3-4H2,1-2H3;6H,4-5H2,1-3H3;4H,3H2,1-2H3. The fourth-order valence-corrected chi connectivity index (χ4v) is 8.05. The molecule has 0 amide bonds. The van der Waals surface area contributed by atoms with Gasteiger partial charge in [0.05, 0.1) is 23.1 Å². The van der Waals surface area contributed by atoms with E-state index < -0.39 is 54.4 Å². The minimum absolute atomic E-state index is 0.134. The molecule has 0 bridgehead atoms. The Morgan fingerprint density at radius 2 is 0.987 bits per heavy atom. The van der Waals surface area contributed by atoms with Crippen molar-refractivity contribution in [2.24, 2.45) is 65.1 Å². The predicted molar refractivity (Wildman–Crippen MR) is 307 cm³/mol. The van der Waals surface area contributed by atoms with Crippen molar-refractivity contribution in [3.63, 3.8) is 0 Å². The average molecular weight is 1200 g/mol. The molecule has 0 spiro atoms. The first-order valence-electron chi connectivity index (χ1n) is 28.5. The molecular formula is C62H106Cl2F14O. The highest BCUT2D eigenvalue weighted by atomic mass is 35.5. The van der Waals surface area contributed by atoms with Crippen LogP contribution in [0.5, 0.6) is 0 Å². The molecule has 1 aliphatic rings. The molecule has 2 atom stereocenters. The highest BCUT2D eigenvalue weighted by molar-refractivity contribution is 6.31. The molecule has 0 aliphatic heterocycles. The van der Waals surface area contributed by atoms with Crippen LogP contribution < -0.4 is 0 Å². The summed E-state index contributed by atoms with van der Waals surface area (Å²) in [6.45, 7) is 38.5. The predicted octanol–water partition coefficient (Wildman–Crippen LogP) is 25.1. The number of ether oxygens (including phenoxy) is 1. The molecule has 79 heavy (non-hydrogen) atoms. The summed E-state index contributed by atoms with van der Waals surface area (Å²) in [6.07, 6.45) is -4.63. The van der Waals surface area contributed by atoms with E-state index in [1.54, 1.807) is 13.8 Å². The molecule has 0 N–H and O–H groups in total. The molecule has 1 aliphatic carbocycles. The van der Waals surface area contributed by atoms with E-state index in [-0.39, 0.29) is 46.8 Å². The van der Waals surface area contributed by atoms with Gasteiger partial charge in [0.25, 0.3) is 0 Å². The molecule has 1 fully saturated rings. The van der Waals surface area contributed by atoms with Crippen molar-refractivity contribution in [3.8, 4) is 0 Å². The quantitative estimate of drug-likeness (QED) is 0.107. The number of rotatable bonds is 18. The van der Waals surface area contributed by atoms with E-state index in [1.807, 2.05) is 55.4 Å². The van der Waals surface area contributed by atoms with Gasteiger partial charge in [0.15, 0.2) is 0 Å². The molecule has 2 aromatic carbocycles. The Bertz CT molecular complexity index is 1670. The van der Waals surface area contributed by atoms with E-state index in [2.05, 4.69) is 67.1 Å². The Balaban J connectivity index is -0.000000268. The number of benzene rings is 2. The van der Waals surface area contributed by atoms with E-state index >= 15 is 0 Å². The second kappa shape index (κ2) is 46.4. The summed E-state index contributed by atoms with van der Waals surface area (Å²) < 4.78 is 171. The second-order valence-electron chi connectivity index (χ2n) is 24.0. The van der Waals surface area contributed by atoms with Crippen molar-refractivity contribution in [3.05, 3.63) is 69.7 Å². The van der Waals surface area contributed by atoms with Crippen LogP contribution in [-0.2, 0) is 23.8 Å². The molecule has 0 heterocycles. The Kier molecular flexibility index (Phi) is 50.4. The third kappa shape index (κ3) is 59.0. The summed E-state index contributed by atoms with van der Waals surface area (Å²) in [6, 6.07) is 7.88. The van der Waals surface area contributed by atoms with Crippen molar-refractivity contribution in [2.45, 2.75) is 246 Å². The Morgan fingerprint density at radius 3 is 1.25 bits per heavy atom. The summed E-state index contributed by atoms with van der Waals surface area (Å²) in [5, 5.41) is -0.222. The lowest BCUT2D eigenvalue weighted by Crippen LogP contribution is -2.28. The Morgan fingerprint density at radius 1 is 0.544 bits per heavy atom. The molecule has 2 unspecified atom stereocenters. The smallest absolute Gasteiger partial charge is 0.292 e. The van der Waals surface area contributed by atoms with E-state index in [1.165, 1.54) is 75.3 Å². The minimum atomic E-state index is -4.46. The number of hydrogen-bond donors (Lipinski definition) is 0. The summed E-state index contributed by atoms with van der Waals surface area (Å²) >= 11 is 11.0. The molecule has 1 saturated carbocycles. The van der Waals surface area contributed by atoms with Crippen molar-refractivity contribution in [1.82, 2.24) is 0 Å². The minimum Gasteiger partial charge on any atom is -0.292 e. The molecule has 3 rings (SSSR count). The van der Waals surface area contributed by atoms with Crippen LogP contribution in [0.4, 0.5) is 61.5 Å². The fourth-order valence-electron chi connectivity index (χ4n) is 7.59. The number of halogens is 16. The van der Waals surface area contributed by atoms with Crippen LogP contribution in [0.2, 0.25) is 5.02 Å². The van der Waals surface area contributed by atoms with Crippen LogP contribution in [0.15, 0.2) is 36.4 Å². The maximum Gasteiger partial charge on any atom is 0.522 e. The molecule has 1 nitrogen and oxygen atoms in total. The van der Waals surface area contributed by atoms with Gasteiger partial charge in [0.2, 0.25) is 0 Å². The van der Waals surface area contributed by atoms with Crippen molar-refractivity contribution < 1.29 is 66.2 Å². The van der Waals surface area contributed by atoms with Gasteiger partial charge in [-0.15, -0.1) is 24.8 Å². The van der Waals surface area contributed by atoms with E-state index in [4.69, 9.17) is 23.2 Å². The third-order valence-electron chi connectivity index (χ3n) is 11.4. The summed E-state index contributed by atoms with van der Waals surface area (Å²) in [7, 11) is 0. The molecular weight excluding hydrogens is 1100 g/mol. The van der Waals surface area contributed by atoms with Gasteiger partial charge in [-0.3, -0.25) is 4.74 Å². The normalized spacial score (nSPS) is 14.6. The fraction of sp³-hybridized carbons (Fsp3) is 0.806. The first-order chi connectivity index (χ1) is 35.8. The lowest BCUT2D eigenvalue weighted by Gasteiger charge is -2.25. The van der Waals surface area contributed by atoms with Gasteiger partial charge < -0.3 is 0 Å². The van der Waals surface area contributed by atoms with Gasteiger partial charge in [-0.05, 0) is 134 Å². The van der Waals surface area contributed by atoms with Crippen LogP contribution in [0.1, 0.15) is 225 Å². The van der Waals surface area contributed by atoms with Gasteiger partial charge >= 0.3 is 24.9 Å². The van der Waals surface area contributed by atoms with Crippen LogP contribution >= 0.6 is 23.2 Å². The maximum atomic E-state index is 13.0. The van der Waals surface area contributed by atoms with Gasteiger partial charge in [0, 0.05) is 17.9 Å². The zero-order valence-corrected chi connectivity index (χ0v) is 53.1. The molecule has 0 saturated heterocycles. The van der Waals surface area contributed by atoms with Crippen LogP contribution in [0, 0.1) is 76.7 Å². The topological polar surface area (TPSA) is 9.23 Å². The Labute approximate surface area is 481 Å². The van der Waals surface area contributed by atoms with Crippen LogP contribution in [0.25, 0.3) is 0 Å². The monoisotopic (exact) mass is 1200 g/mol.